The Morgan fingerprint density at radius 1 is 0.967 bits per heavy atom. The summed E-state index contributed by atoms with van der Waals surface area (Å²) in [6.07, 6.45) is 5.06. The number of pyridine rings is 1. The minimum absolute atomic E-state index is 0.0228. The van der Waals surface area contributed by atoms with Crippen molar-refractivity contribution in [2.24, 2.45) is 5.73 Å². The molecule has 0 saturated carbocycles. The molecule has 2 aromatic carbocycles. The van der Waals surface area contributed by atoms with Gasteiger partial charge in [0.25, 0.3) is 23.6 Å². The van der Waals surface area contributed by atoms with Gasteiger partial charge in [-0.15, -0.1) is 0 Å². The number of aryl methyl sites for hydroxylation is 1. The molecular weight excluding hydrogens is 779 g/mol. The fourth-order valence-corrected chi connectivity index (χ4v) is 6.68. The molecule has 6 amide bonds. The third-order valence-corrected chi connectivity index (χ3v) is 9.62. The molecule has 308 valence electrons. The van der Waals surface area contributed by atoms with E-state index in [9.17, 15) is 33.6 Å². The molecule has 2 aliphatic heterocycles. The number of piperidine rings is 1. The van der Waals surface area contributed by atoms with Gasteiger partial charge >= 0.3 is 0 Å². The van der Waals surface area contributed by atoms with Crippen molar-refractivity contribution in [2.45, 2.75) is 38.6 Å². The quantitative estimate of drug-likeness (QED) is 0.0563. The minimum atomic E-state index is -1.05. The Labute approximate surface area is 341 Å². The third-order valence-electron chi connectivity index (χ3n) is 9.62. The summed E-state index contributed by atoms with van der Waals surface area (Å²) in [6.45, 7) is 3.33. The Kier molecular flexibility index (Phi) is 12.3. The van der Waals surface area contributed by atoms with Crippen LogP contribution in [-0.2, 0) is 19.1 Å². The maximum atomic E-state index is 13.2. The molecule has 5 N–H and O–H groups in total. The predicted molar refractivity (Wildman–Crippen MR) is 211 cm³/mol. The summed E-state index contributed by atoms with van der Waals surface area (Å²) in [4.78, 5) is 97.5. The van der Waals surface area contributed by atoms with Crippen LogP contribution in [0.5, 0.6) is 0 Å². The number of amides is 6. The van der Waals surface area contributed by atoms with Crippen molar-refractivity contribution < 1.29 is 47.5 Å². The van der Waals surface area contributed by atoms with Gasteiger partial charge in [0.15, 0.2) is 17.2 Å². The van der Waals surface area contributed by atoms with Crippen molar-refractivity contribution in [3.05, 3.63) is 107 Å². The molecule has 2 aliphatic rings. The number of imide groups is 2. The molecule has 5 heterocycles. The van der Waals surface area contributed by atoms with Crippen LogP contribution >= 0.6 is 0 Å². The molecule has 3 aromatic heterocycles. The Morgan fingerprint density at radius 2 is 1.75 bits per heavy atom. The number of carbonyl (C=O) groups is 7. The van der Waals surface area contributed by atoms with Gasteiger partial charge in [0, 0.05) is 54.7 Å². The number of Topliss-reactive ketones (excluding diaryl/α,β-unsaturated/α-hetero) is 1. The summed E-state index contributed by atoms with van der Waals surface area (Å²) >= 11 is 0. The van der Waals surface area contributed by atoms with Crippen molar-refractivity contribution in [3.8, 4) is 17.1 Å². The molecule has 19 nitrogen and oxygen atoms in total. The molecule has 0 radical (unpaired) electrons. The number of fused-ring (bicyclic) bond motifs is 1. The first kappa shape index (κ1) is 40.8. The highest BCUT2D eigenvalue weighted by Gasteiger charge is 2.45. The van der Waals surface area contributed by atoms with E-state index in [-0.39, 0.29) is 72.4 Å². The van der Waals surface area contributed by atoms with Crippen LogP contribution in [0.1, 0.15) is 83.4 Å². The number of nitrogens with two attached hydrogens (primary N) is 1. The monoisotopic (exact) mass is 817 g/mol. The van der Waals surface area contributed by atoms with Gasteiger partial charge < -0.3 is 30.3 Å². The average molecular weight is 818 g/mol. The van der Waals surface area contributed by atoms with Gasteiger partial charge in [-0.3, -0.25) is 48.8 Å². The fraction of sp³-hybridized carbons (Fsp3) is 0.268. The van der Waals surface area contributed by atoms with Gasteiger partial charge in [0.05, 0.1) is 48.5 Å². The van der Waals surface area contributed by atoms with Gasteiger partial charge in [-0.1, -0.05) is 6.07 Å². The second-order valence-corrected chi connectivity index (χ2v) is 13.8. The van der Waals surface area contributed by atoms with Crippen LogP contribution in [0.3, 0.4) is 0 Å². The second-order valence-electron chi connectivity index (χ2n) is 13.8. The zero-order valence-electron chi connectivity index (χ0n) is 32.3. The molecule has 7 rings (SSSR count). The van der Waals surface area contributed by atoms with Crippen LogP contribution < -0.4 is 21.7 Å². The summed E-state index contributed by atoms with van der Waals surface area (Å²) < 4.78 is 18.1. The lowest BCUT2D eigenvalue weighted by molar-refractivity contribution is -0.136. The zero-order chi connectivity index (χ0) is 42.3. The molecule has 1 fully saturated rings. The molecule has 5 aromatic rings. The molecule has 1 unspecified atom stereocenters. The molecule has 0 aliphatic carbocycles. The van der Waals surface area contributed by atoms with E-state index in [2.05, 4.69) is 31.0 Å². The van der Waals surface area contributed by atoms with Crippen LogP contribution in [0.15, 0.2) is 77.7 Å². The normalized spacial score (nSPS) is 14.9. The largest absolute Gasteiger partial charge is 0.444 e. The van der Waals surface area contributed by atoms with E-state index in [1.54, 1.807) is 54.7 Å². The number of hydrogen-bond acceptors (Lipinski definition) is 14. The van der Waals surface area contributed by atoms with Gasteiger partial charge in [-0.2, -0.15) is 5.10 Å². The Bertz CT molecular complexity index is 2490. The highest BCUT2D eigenvalue weighted by Crippen LogP contribution is 2.32. The molecule has 1 saturated heterocycles. The van der Waals surface area contributed by atoms with Crippen molar-refractivity contribution in [1.82, 2.24) is 30.0 Å². The number of primary amides is 1. The molecular formula is C41H39N9O10. The lowest BCUT2D eigenvalue weighted by atomic mass is 10.0. The number of ketones is 1. The van der Waals surface area contributed by atoms with Gasteiger partial charge in [0.1, 0.15) is 12.3 Å². The predicted octanol–water partition coefficient (Wildman–Crippen LogP) is 3.09. The number of rotatable bonds is 18. The van der Waals surface area contributed by atoms with E-state index in [1.807, 2.05) is 6.92 Å². The number of carbonyl (C=O) groups excluding carboxylic acids is 7. The number of nitrogens with one attached hydrogen (secondary N) is 3. The highest BCUT2D eigenvalue weighted by molar-refractivity contribution is 6.25. The second kappa shape index (κ2) is 18.0. The van der Waals surface area contributed by atoms with Crippen LogP contribution in [0.2, 0.25) is 0 Å². The molecule has 1 atom stereocenters. The van der Waals surface area contributed by atoms with E-state index in [0.29, 0.717) is 48.7 Å². The van der Waals surface area contributed by atoms with Crippen molar-refractivity contribution in [3.63, 3.8) is 0 Å². The summed E-state index contributed by atoms with van der Waals surface area (Å²) in [6, 6.07) is 13.8. The van der Waals surface area contributed by atoms with Gasteiger partial charge in [-0.25, -0.2) is 9.67 Å². The van der Waals surface area contributed by atoms with Gasteiger partial charge in [-0.05, 0) is 68.3 Å². The van der Waals surface area contributed by atoms with Crippen molar-refractivity contribution >= 4 is 52.6 Å². The number of anilines is 2. The van der Waals surface area contributed by atoms with Crippen LogP contribution in [0.4, 0.5) is 11.4 Å². The SMILES string of the molecule is Cc1cc(-c2nc(C(=O)Nc3cn(-c4ccc(C(=O)CCCOCCOCCNc5cccc6c5C(=O)N(C5CCC(=O)NC5=O)C6=O)cc4)nc3C(N)=O)co2)ccn1. The first-order valence-electron chi connectivity index (χ1n) is 19.0. The van der Waals surface area contributed by atoms with E-state index < -0.39 is 41.5 Å². The molecule has 0 bridgehead atoms. The number of oxazole rings is 1. The summed E-state index contributed by atoms with van der Waals surface area (Å²) in [5, 5.41) is 12.1. The van der Waals surface area contributed by atoms with Crippen LogP contribution in [0.25, 0.3) is 17.1 Å². The summed E-state index contributed by atoms with van der Waals surface area (Å²) in [5.74, 6) is -3.65. The Balaban J connectivity index is 0.813. The Morgan fingerprint density at radius 3 is 2.50 bits per heavy atom. The molecule has 60 heavy (non-hydrogen) atoms. The molecule has 19 heteroatoms. The summed E-state index contributed by atoms with van der Waals surface area (Å²) in [7, 11) is 0. The number of benzene rings is 2. The number of ether oxygens (including phenoxy) is 2. The fourth-order valence-electron chi connectivity index (χ4n) is 6.68. The standard InChI is InChI=1S/C41H39N9O10/c1-23-20-25(13-14-43-23)39-46-30(22-60-39)37(54)45-29-21-49(48-35(29)36(42)53)26-9-7-24(8-10-26)32(51)6-3-16-58-18-19-59-17-15-44-28-5-2-4-27-34(28)41(57)50(40(27)56)31-11-12-33(52)47-38(31)55/h2,4-5,7-10,13-14,20-22,31,44H,3,6,11-12,15-19H2,1H3,(H2,42,53)(H,45,54)(H,47,52,55). The van der Waals surface area contributed by atoms with Gasteiger partial charge in [0.2, 0.25) is 17.7 Å². The summed E-state index contributed by atoms with van der Waals surface area (Å²) in [5.41, 5.74) is 8.58. The smallest absolute Gasteiger partial charge is 0.277 e. The lowest BCUT2D eigenvalue weighted by Gasteiger charge is -2.27. The average Bonchev–Trinajstić information content (AvgIpc) is 3.96. The minimum Gasteiger partial charge on any atom is -0.444 e. The van der Waals surface area contributed by atoms with E-state index in [4.69, 9.17) is 19.6 Å². The zero-order valence-corrected chi connectivity index (χ0v) is 32.3. The molecule has 0 spiro atoms. The van der Waals surface area contributed by atoms with Crippen LogP contribution in [-0.4, -0.2) is 105 Å². The first-order valence-corrected chi connectivity index (χ1v) is 19.0. The lowest BCUT2D eigenvalue weighted by Crippen LogP contribution is -2.54. The topological polar surface area (TPSA) is 260 Å². The third kappa shape index (κ3) is 9.01. The van der Waals surface area contributed by atoms with E-state index >= 15 is 0 Å². The van der Waals surface area contributed by atoms with Crippen molar-refractivity contribution in [2.75, 3.05) is 43.6 Å². The maximum Gasteiger partial charge on any atom is 0.277 e. The number of hydrogen-bond donors (Lipinski definition) is 4. The van der Waals surface area contributed by atoms with Crippen LogP contribution in [0, 0.1) is 6.92 Å². The number of aromatic nitrogens is 4. The van der Waals surface area contributed by atoms with E-state index in [0.717, 1.165) is 10.6 Å². The van der Waals surface area contributed by atoms with Crippen molar-refractivity contribution in [1.29, 1.82) is 0 Å². The Hall–Kier alpha value is -7.38. The number of nitrogens with zero attached hydrogens (tertiary/aromatic N) is 5. The maximum absolute atomic E-state index is 13.2. The van der Waals surface area contributed by atoms with E-state index in [1.165, 1.54) is 23.2 Å². The highest BCUT2D eigenvalue weighted by atomic mass is 16.5. The first-order chi connectivity index (χ1) is 29.0.